The zero-order chi connectivity index (χ0) is 29.6. The van der Waals surface area contributed by atoms with E-state index >= 15 is 0 Å². The van der Waals surface area contributed by atoms with Gasteiger partial charge in [0.15, 0.2) is 0 Å². The zero-order valence-corrected chi connectivity index (χ0v) is 22.8. The minimum absolute atomic E-state index is 0.116. The number of likely N-dealkylation sites (N-methyl/N-ethyl adjacent to an activating group) is 1. The largest absolute Gasteiger partial charge is 0.573 e. The zero-order valence-electron chi connectivity index (χ0n) is 22.8. The van der Waals surface area contributed by atoms with Crippen molar-refractivity contribution in [2.45, 2.75) is 57.7 Å². The van der Waals surface area contributed by atoms with Crippen LogP contribution in [0.2, 0.25) is 0 Å². The standard InChI is InChI=1S/C29H31F4N3O4/c1-17-11-19(30)9-10-22(17)23-13-25(36-16-20(37)14-28(36,4)39)34-15-24(23)35(5)26(38)27(2,3)18-7-6-8-21(12-18)40-29(31,32)33/h6-13,15,20,37,39H,14,16H2,1-5H3/t20-,28+/m1/s1. The SMILES string of the molecule is Cc1cc(F)ccc1-c1cc(N2C[C@H](O)C[C@]2(C)O)ncc1N(C)C(=O)C(C)(C)c1cccc(OC(F)(F)F)c1. The molecule has 1 aromatic heterocycles. The van der Waals surface area contributed by atoms with Gasteiger partial charge >= 0.3 is 6.36 Å². The number of pyridine rings is 1. The number of halogens is 4. The van der Waals surface area contributed by atoms with Crippen molar-refractivity contribution in [3.8, 4) is 16.9 Å². The quantitative estimate of drug-likeness (QED) is 0.397. The predicted octanol–water partition coefficient (Wildman–Crippen LogP) is 5.31. The second-order valence-electron chi connectivity index (χ2n) is 10.8. The molecule has 214 valence electrons. The number of carbonyl (C=O) groups excluding carboxylic acids is 1. The van der Waals surface area contributed by atoms with E-state index in [1.54, 1.807) is 50.8 Å². The molecule has 4 rings (SSSR count). The van der Waals surface area contributed by atoms with Gasteiger partial charge < -0.3 is 24.7 Å². The summed E-state index contributed by atoms with van der Waals surface area (Å²) in [6.45, 7) is 6.60. The monoisotopic (exact) mass is 561 g/mol. The molecule has 7 nitrogen and oxygen atoms in total. The Labute approximate surface area is 229 Å². The number of aromatic nitrogens is 1. The fourth-order valence-electron chi connectivity index (χ4n) is 5.10. The number of nitrogens with zero attached hydrogens (tertiary/aromatic N) is 3. The molecule has 1 aliphatic heterocycles. The maximum Gasteiger partial charge on any atom is 0.573 e. The Hall–Kier alpha value is -3.70. The molecule has 2 heterocycles. The predicted molar refractivity (Wildman–Crippen MR) is 143 cm³/mol. The van der Waals surface area contributed by atoms with Gasteiger partial charge in [0.25, 0.3) is 0 Å². The van der Waals surface area contributed by atoms with Crippen LogP contribution in [0.1, 0.15) is 38.3 Å². The molecule has 2 atom stereocenters. The molecular weight excluding hydrogens is 530 g/mol. The molecule has 0 saturated carbocycles. The summed E-state index contributed by atoms with van der Waals surface area (Å²) in [4.78, 5) is 21.2. The number of benzene rings is 2. The van der Waals surface area contributed by atoms with Crippen molar-refractivity contribution in [1.82, 2.24) is 4.98 Å². The lowest BCUT2D eigenvalue weighted by Crippen LogP contribution is -2.42. The Kier molecular flexibility index (Phi) is 7.59. The van der Waals surface area contributed by atoms with Crippen LogP contribution in [0.25, 0.3) is 11.1 Å². The molecule has 0 spiro atoms. The number of aliphatic hydroxyl groups is 2. The van der Waals surface area contributed by atoms with Gasteiger partial charge in [0.2, 0.25) is 5.91 Å². The van der Waals surface area contributed by atoms with Crippen LogP contribution in [0.15, 0.2) is 54.7 Å². The number of amides is 1. The number of alkyl halides is 3. The maximum absolute atomic E-state index is 14.0. The van der Waals surface area contributed by atoms with Gasteiger partial charge in [-0.1, -0.05) is 18.2 Å². The number of ether oxygens (including phenoxy) is 1. The van der Waals surface area contributed by atoms with Crippen molar-refractivity contribution < 1.29 is 37.3 Å². The third kappa shape index (κ3) is 5.90. The first-order valence-electron chi connectivity index (χ1n) is 12.6. The molecule has 1 amide bonds. The van der Waals surface area contributed by atoms with Gasteiger partial charge in [-0.25, -0.2) is 9.37 Å². The smallest absolute Gasteiger partial charge is 0.406 e. The van der Waals surface area contributed by atoms with E-state index in [0.29, 0.717) is 33.8 Å². The van der Waals surface area contributed by atoms with E-state index in [4.69, 9.17) is 0 Å². The van der Waals surface area contributed by atoms with E-state index in [1.165, 1.54) is 42.4 Å². The minimum Gasteiger partial charge on any atom is -0.406 e. The first-order valence-corrected chi connectivity index (χ1v) is 12.6. The van der Waals surface area contributed by atoms with Gasteiger partial charge in [0.1, 0.15) is 23.1 Å². The minimum atomic E-state index is -4.88. The van der Waals surface area contributed by atoms with Gasteiger partial charge in [-0.3, -0.25) is 4.79 Å². The third-order valence-electron chi connectivity index (χ3n) is 7.21. The summed E-state index contributed by atoms with van der Waals surface area (Å²) in [7, 11) is 1.52. The van der Waals surface area contributed by atoms with Crippen LogP contribution >= 0.6 is 0 Å². The van der Waals surface area contributed by atoms with E-state index in [2.05, 4.69) is 9.72 Å². The average Bonchev–Trinajstić information content (AvgIpc) is 3.13. The normalized spacial score (nSPS) is 19.6. The molecule has 0 bridgehead atoms. The second-order valence-corrected chi connectivity index (χ2v) is 10.8. The lowest BCUT2D eigenvalue weighted by molar-refractivity contribution is -0.274. The van der Waals surface area contributed by atoms with Gasteiger partial charge in [0.05, 0.1) is 23.4 Å². The number of aliphatic hydroxyl groups excluding tert-OH is 1. The van der Waals surface area contributed by atoms with Crippen LogP contribution in [0.5, 0.6) is 5.75 Å². The summed E-state index contributed by atoms with van der Waals surface area (Å²) >= 11 is 0. The van der Waals surface area contributed by atoms with Crippen LogP contribution in [0, 0.1) is 12.7 Å². The molecule has 0 radical (unpaired) electrons. The first-order chi connectivity index (χ1) is 18.5. The lowest BCUT2D eigenvalue weighted by atomic mass is 9.83. The summed E-state index contributed by atoms with van der Waals surface area (Å²) in [6, 6.07) is 11.1. The van der Waals surface area contributed by atoms with E-state index in [1.807, 2.05) is 0 Å². The number of hydrogen-bond donors (Lipinski definition) is 2. The Morgan fingerprint density at radius 2 is 1.85 bits per heavy atom. The Morgan fingerprint density at radius 1 is 1.15 bits per heavy atom. The fraction of sp³-hybridized carbons (Fsp3) is 0.379. The number of hydrogen-bond acceptors (Lipinski definition) is 6. The van der Waals surface area contributed by atoms with Gasteiger partial charge in [-0.15, -0.1) is 13.2 Å². The second kappa shape index (κ2) is 10.4. The highest BCUT2D eigenvalue weighted by molar-refractivity contribution is 6.03. The van der Waals surface area contributed by atoms with Crippen LogP contribution < -0.4 is 14.5 Å². The van der Waals surface area contributed by atoms with E-state index in [9.17, 15) is 32.6 Å². The summed E-state index contributed by atoms with van der Waals surface area (Å²) in [5.41, 5.74) is -0.274. The van der Waals surface area contributed by atoms with Crippen molar-refractivity contribution >= 4 is 17.4 Å². The summed E-state index contributed by atoms with van der Waals surface area (Å²) in [6.07, 6.45) is -4.08. The molecule has 1 fully saturated rings. The molecule has 40 heavy (non-hydrogen) atoms. The van der Waals surface area contributed by atoms with Crippen molar-refractivity contribution in [3.63, 3.8) is 0 Å². The summed E-state index contributed by atoms with van der Waals surface area (Å²) in [5.74, 6) is -0.979. The highest BCUT2D eigenvalue weighted by Gasteiger charge is 2.41. The highest BCUT2D eigenvalue weighted by atomic mass is 19.4. The topological polar surface area (TPSA) is 86.1 Å². The van der Waals surface area contributed by atoms with Crippen molar-refractivity contribution in [3.05, 3.63) is 71.7 Å². The molecule has 3 aromatic rings. The number of aryl methyl sites for hydroxylation is 1. The first kappa shape index (κ1) is 29.3. The van der Waals surface area contributed by atoms with Gasteiger partial charge in [-0.2, -0.15) is 0 Å². The van der Waals surface area contributed by atoms with E-state index in [-0.39, 0.29) is 13.0 Å². The molecule has 2 N–H and O–H groups in total. The van der Waals surface area contributed by atoms with E-state index < -0.39 is 41.1 Å². The molecule has 0 aliphatic carbocycles. The van der Waals surface area contributed by atoms with Crippen LogP contribution in [0.4, 0.5) is 29.1 Å². The lowest BCUT2D eigenvalue weighted by Gasteiger charge is -2.33. The van der Waals surface area contributed by atoms with Gasteiger partial charge in [0, 0.05) is 25.6 Å². The Bertz CT molecular complexity index is 1420. The summed E-state index contributed by atoms with van der Waals surface area (Å²) in [5, 5.41) is 21.0. The Morgan fingerprint density at radius 3 is 2.45 bits per heavy atom. The maximum atomic E-state index is 14.0. The Balaban J connectivity index is 1.78. The van der Waals surface area contributed by atoms with Crippen molar-refractivity contribution in [2.75, 3.05) is 23.4 Å². The number of anilines is 2. The molecule has 1 saturated heterocycles. The highest BCUT2D eigenvalue weighted by Crippen LogP contribution is 2.40. The summed E-state index contributed by atoms with van der Waals surface area (Å²) < 4.78 is 56.4. The third-order valence-corrected chi connectivity index (χ3v) is 7.21. The molecular formula is C29H31F4N3O4. The molecule has 2 aromatic carbocycles. The van der Waals surface area contributed by atoms with Crippen molar-refractivity contribution in [2.24, 2.45) is 0 Å². The van der Waals surface area contributed by atoms with Crippen molar-refractivity contribution in [1.29, 1.82) is 0 Å². The number of carbonyl (C=O) groups is 1. The van der Waals surface area contributed by atoms with Gasteiger partial charge in [-0.05, 0) is 74.7 Å². The fourth-order valence-corrected chi connectivity index (χ4v) is 5.10. The number of rotatable bonds is 6. The van der Waals surface area contributed by atoms with Crippen LogP contribution in [-0.2, 0) is 10.2 Å². The molecule has 11 heteroatoms. The van der Waals surface area contributed by atoms with Crippen LogP contribution in [0.3, 0.4) is 0 Å². The molecule has 1 aliphatic rings. The van der Waals surface area contributed by atoms with Crippen LogP contribution in [-0.4, -0.2) is 52.9 Å². The van der Waals surface area contributed by atoms with E-state index in [0.717, 1.165) is 6.07 Å². The number of β-amino-alcohol motifs (C(OH)–C–C–N with tert-alkyl or cyclic N) is 1. The molecule has 0 unspecified atom stereocenters. The average molecular weight is 562 g/mol.